The predicted octanol–water partition coefficient (Wildman–Crippen LogP) is 2.21. The van der Waals surface area contributed by atoms with E-state index in [0.717, 1.165) is 18.4 Å². The van der Waals surface area contributed by atoms with Gasteiger partial charge in [0.05, 0.1) is 5.92 Å². The summed E-state index contributed by atoms with van der Waals surface area (Å²) in [5.74, 6) is -0.137. The summed E-state index contributed by atoms with van der Waals surface area (Å²) >= 11 is 0. The number of benzene rings is 1. The summed E-state index contributed by atoms with van der Waals surface area (Å²) in [5, 5.41) is 3.11. The van der Waals surface area contributed by atoms with Crippen molar-refractivity contribution in [2.45, 2.75) is 37.6 Å². The van der Waals surface area contributed by atoms with Crippen molar-refractivity contribution in [2.24, 2.45) is 5.73 Å². The molecule has 1 saturated carbocycles. The van der Waals surface area contributed by atoms with Crippen molar-refractivity contribution < 1.29 is 4.79 Å². The number of hydrogen-bond donors (Lipinski definition) is 2. The lowest BCUT2D eigenvalue weighted by Crippen LogP contribution is -2.38. The van der Waals surface area contributed by atoms with Crippen LogP contribution in [0.25, 0.3) is 0 Å². The summed E-state index contributed by atoms with van der Waals surface area (Å²) in [5.41, 5.74) is 6.72. The molecule has 0 saturated heterocycles. The molecule has 2 rings (SSSR count). The maximum Gasteiger partial charge on any atom is 0.229 e. The van der Waals surface area contributed by atoms with Crippen molar-refractivity contribution >= 4 is 18.3 Å². The van der Waals surface area contributed by atoms with Crippen LogP contribution in [0.3, 0.4) is 0 Å². The van der Waals surface area contributed by atoms with E-state index in [2.05, 4.69) is 5.32 Å². The monoisotopic (exact) mass is 268 g/mol. The second kappa shape index (κ2) is 7.39. The van der Waals surface area contributed by atoms with Gasteiger partial charge in [0.1, 0.15) is 0 Å². The molecule has 1 fully saturated rings. The van der Waals surface area contributed by atoms with E-state index in [9.17, 15) is 4.79 Å². The number of carbonyl (C=O) groups excluding carboxylic acids is 1. The first kappa shape index (κ1) is 15.0. The number of nitrogens with two attached hydrogens (primary N) is 1. The van der Waals surface area contributed by atoms with Gasteiger partial charge >= 0.3 is 0 Å². The number of halogens is 1. The van der Waals surface area contributed by atoms with Gasteiger partial charge in [-0.3, -0.25) is 4.79 Å². The Morgan fingerprint density at radius 3 is 2.44 bits per heavy atom. The van der Waals surface area contributed by atoms with Gasteiger partial charge in [-0.25, -0.2) is 0 Å². The molecule has 1 aliphatic carbocycles. The van der Waals surface area contributed by atoms with Crippen LogP contribution in [0, 0.1) is 0 Å². The Morgan fingerprint density at radius 2 is 1.89 bits per heavy atom. The van der Waals surface area contributed by atoms with Crippen LogP contribution in [0.15, 0.2) is 30.3 Å². The second-order valence-corrected chi connectivity index (χ2v) is 4.69. The average Bonchev–Trinajstić information content (AvgIpc) is 2.84. The first-order valence-electron chi connectivity index (χ1n) is 6.36. The summed E-state index contributed by atoms with van der Waals surface area (Å²) in [7, 11) is 0. The Hall–Kier alpha value is -1.06. The van der Waals surface area contributed by atoms with Crippen molar-refractivity contribution in [3.63, 3.8) is 0 Å². The Kier molecular flexibility index (Phi) is 6.16. The van der Waals surface area contributed by atoms with Crippen LogP contribution >= 0.6 is 12.4 Å². The molecule has 0 bridgehead atoms. The minimum Gasteiger partial charge on any atom is -0.353 e. The van der Waals surface area contributed by atoms with Gasteiger partial charge in [0.2, 0.25) is 5.91 Å². The minimum atomic E-state index is -0.211. The molecule has 100 valence electrons. The normalized spacial score (nSPS) is 16.9. The molecule has 0 aliphatic heterocycles. The van der Waals surface area contributed by atoms with E-state index < -0.39 is 0 Å². The smallest absolute Gasteiger partial charge is 0.229 e. The summed E-state index contributed by atoms with van der Waals surface area (Å²) < 4.78 is 0. The summed E-state index contributed by atoms with van der Waals surface area (Å²) in [6.45, 7) is 0.364. The topological polar surface area (TPSA) is 55.1 Å². The van der Waals surface area contributed by atoms with Crippen molar-refractivity contribution in [1.29, 1.82) is 0 Å². The highest BCUT2D eigenvalue weighted by molar-refractivity contribution is 5.85. The lowest BCUT2D eigenvalue weighted by atomic mass is 9.98. The molecule has 0 heterocycles. The molecule has 3 nitrogen and oxygen atoms in total. The second-order valence-electron chi connectivity index (χ2n) is 4.69. The van der Waals surface area contributed by atoms with Crippen molar-refractivity contribution in [3.8, 4) is 0 Å². The molecular formula is C14H21ClN2O. The van der Waals surface area contributed by atoms with Gasteiger partial charge in [-0.2, -0.15) is 0 Å². The fourth-order valence-electron chi connectivity index (χ4n) is 2.45. The maximum atomic E-state index is 12.1. The third kappa shape index (κ3) is 3.72. The molecule has 1 aromatic rings. The van der Waals surface area contributed by atoms with Crippen LogP contribution < -0.4 is 11.1 Å². The van der Waals surface area contributed by atoms with Crippen LogP contribution in [0.2, 0.25) is 0 Å². The number of hydrogen-bond acceptors (Lipinski definition) is 2. The van der Waals surface area contributed by atoms with Crippen LogP contribution in [0.5, 0.6) is 0 Å². The van der Waals surface area contributed by atoms with E-state index in [1.807, 2.05) is 30.3 Å². The van der Waals surface area contributed by atoms with Gasteiger partial charge in [0.15, 0.2) is 0 Å². The van der Waals surface area contributed by atoms with Gasteiger partial charge in [-0.05, 0) is 18.4 Å². The molecule has 0 radical (unpaired) electrons. The highest BCUT2D eigenvalue weighted by Gasteiger charge is 2.23. The molecule has 1 aromatic carbocycles. The lowest BCUT2D eigenvalue weighted by molar-refractivity contribution is -0.123. The number of nitrogens with one attached hydrogen (secondary N) is 1. The molecule has 1 aliphatic rings. The van der Waals surface area contributed by atoms with Crippen molar-refractivity contribution in [3.05, 3.63) is 35.9 Å². The van der Waals surface area contributed by atoms with E-state index in [-0.39, 0.29) is 24.2 Å². The molecule has 1 amide bonds. The van der Waals surface area contributed by atoms with Crippen LogP contribution in [0.4, 0.5) is 0 Å². The number of rotatable bonds is 4. The number of carbonyl (C=O) groups is 1. The fourth-order valence-corrected chi connectivity index (χ4v) is 2.45. The highest BCUT2D eigenvalue weighted by Crippen LogP contribution is 2.20. The molecule has 1 unspecified atom stereocenters. The summed E-state index contributed by atoms with van der Waals surface area (Å²) in [6, 6.07) is 10.1. The maximum absolute atomic E-state index is 12.1. The Balaban J connectivity index is 0.00000162. The van der Waals surface area contributed by atoms with Crippen LogP contribution in [-0.2, 0) is 4.79 Å². The molecule has 3 N–H and O–H groups in total. The first-order valence-corrected chi connectivity index (χ1v) is 6.36. The van der Waals surface area contributed by atoms with Crippen LogP contribution in [-0.4, -0.2) is 18.5 Å². The van der Waals surface area contributed by atoms with Gasteiger partial charge < -0.3 is 11.1 Å². The molecule has 1 atom stereocenters. The largest absolute Gasteiger partial charge is 0.353 e. The standard InChI is InChI=1S/C14H20N2O.ClH/c15-10-13(11-6-2-1-3-7-11)14(17)16-12-8-4-5-9-12;/h1-3,6-7,12-13H,4-5,8-10,15H2,(H,16,17);1H. The van der Waals surface area contributed by atoms with E-state index in [1.54, 1.807) is 0 Å². The van der Waals surface area contributed by atoms with Gasteiger partial charge in [0, 0.05) is 12.6 Å². The van der Waals surface area contributed by atoms with Crippen molar-refractivity contribution in [1.82, 2.24) is 5.32 Å². The predicted molar refractivity (Wildman–Crippen MR) is 75.9 cm³/mol. The Morgan fingerprint density at radius 1 is 1.28 bits per heavy atom. The zero-order chi connectivity index (χ0) is 12.1. The third-order valence-electron chi connectivity index (χ3n) is 3.46. The fraction of sp³-hybridized carbons (Fsp3) is 0.500. The van der Waals surface area contributed by atoms with Gasteiger partial charge in [-0.1, -0.05) is 43.2 Å². The average molecular weight is 269 g/mol. The molecular weight excluding hydrogens is 248 g/mol. The number of amides is 1. The quantitative estimate of drug-likeness (QED) is 0.880. The van der Waals surface area contributed by atoms with E-state index in [1.165, 1.54) is 12.8 Å². The van der Waals surface area contributed by atoms with Crippen LogP contribution in [0.1, 0.15) is 37.2 Å². The molecule has 18 heavy (non-hydrogen) atoms. The summed E-state index contributed by atoms with van der Waals surface area (Å²) in [6.07, 6.45) is 4.67. The van der Waals surface area contributed by atoms with E-state index >= 15 is 0 Å². The van der Waals surface area contributed by atoms with Gasteiger partial charge in [0.25, 0.3) is 0 Å². The zero-order valence-corrected chi connectivity index (χ0v) is 11.3. The van der Waals surface area contributed by atoms with E-state index in [4.69, 9.17) is 5.73 Å². The Labute approximate surface area is 115 Å². The first-order chi connectivity index (χ1) is 8.31. The minimum absolute atomic E-state index is 0. The Bertz CT molecular complexity index is 363. The third-order valence-corrected chi connectivity index (χ3v) is 3.46. The van der Waals surface area contributed by atoms with Gasteiger partial charge in [-0.15, -0.1) is 12.4 Å². The summed E-state index contributed by atoms with van der Waals surface area (Å²) in [4.78, 5) is 12.1. The van der Waals surface area contributed by atoms with E-state index in [0.29, 0.717) is 12.6 Å². The van der Waals surface area contributed by atoms with Crippen molar-refractivity contribution in [2.75, 3.05) is 6.54 Å². The highest BCUT2D eigenvalue weighted by atomic mass is 35.5. The zero-order valence-electron chi connectivity index (χ0n) is 10.5. The molecule has 4 heteroatoms. The SMILES string of the molecule is Cl.NCC(C(=O)NC1CCCC1)c1ccccc1. The molecule has 0 spiro atoms. The lowest BCUT2D eigenvalue weighted by Gasteiger charge is -2.18. The molecule has 0 aromatic heterocycles.